The van der Waals surface area contributed by atoms with Gasteiger partial charge in [0.1, 0.15) is 18.3 Å². The normalized spacial score (nSPS) is 12.2. The minimum absolute atomic E-state index is 0.0412. The topological polar surface area (TPSA) is 96.0 Å². The molecular weight excluding hydrogens is 490 g/mol. The van der Waals surface area contributed by atoms with Crippen LogP contribution in [0.2, 0.25) is 5.02 Å². The van der Waals surface area contributed by atoms with Crippen molar-refractivity contribution in [3.05, 3.63) is 59.1 Å². The number of nitrogens with one attached hydrogen (secondary N) is 1. The van der Waals surface area contributed by atoms with Crippen LogP contribution in [0.3, 0.4) is 0 Å². The summed E-state index contributed by atoms with van der Waals surface area (Å²) in [4.78, 5) is 27.8. The molecule has 0 unspecified atom stereocenters. The van der Waals surface area contributed by atoms with Crippen LogP contribution >= 0.6 is 11.6 Å². The van der Waals surface area contributed by atoms with E-state index in [2.05, 4.69) is 5.32 Å². The molecule has 0 heterocycles. The number of amides is 2. The van der Waals surface area contributed by atoms with Gasteiger partial charge in [-0.1, -0.05) is 55.8 Å². The number of hydrogen-bond donors (Lipinski definition) is 1. The second kappa shape index (κ2) is 12.8. The van der Waals surface area contributed by atoms with E-state index in [1.807, 2.05) is 13.8 Å². The molecule has 0 aromatic heterocycles. The number of sulfonamides is 1. The van der Waals surface area contributed by atoms with Crippen LogP contribution in [0.15, 0.2) is 48.5 Å². The van der Waals surface area contributed by atoms with Crippen LogP contribution in [-0.2, 0) is 26.2 Å². The van der Waals surface area contributed by atoms with E-state index in [-0.39, 0.29) is 24.1 Å². The van der Waals surface area contributed by atoms with Crippen molar-refractivity contribution in [3.8, 4) is 5.75 Å². The molecule has 2 amide bonds. The van der Waals surface area contributed by atoms with Gasteiger partial charge in [0.15, 0.2) is 0 Å². The van der Waals surface area contributed by atoms with Crippen molar-refractivity contribution in [2.45, 2.75) is 40.3 Å². The van der Waals surface area contributed by atoms with Gasteiger partial charge >= 0.3 is 0 Å². The van der Waals surface area contributed by atoms with Gasteiger partial charge in [-0.15, -0.1) is 0 Å². The van der Waals surface area contributed by atoms with Crippen molar-refractivity contribution < 1.29 is 22.7 Å². The van der Waals surface area contributed by atoms with Crippen molar-refractivity contribution in [2.24, 2.45) is 5.92 Å². The fourth-order valence-electron chi connectivity index (χ4n) is 3.38. The molecule has 0 aliphatic carbocycles. The Morgan fingerprint density at radius 1 is 1.06 bits per heavy atom. The zero-order valence-electron chi connectivity index (χ0n) is 20.8. The van der Waals surface area contributed by atoms with Gasteiger partial charge in [0.05, 0.1) is 18.6 Å². The smallest absolute Gasteiger partial charge is 0.244 e. The molecule has 0 bridgehead atoms. The molecule has 10 heteroatoms. The Bertz CT molecular complexity index is 1120. The molecule has 0 spiro atoms. The summed E-state index contributed by atoms with van der Waals surface area (Å²) in [6.07, 6.45) is 1.03. The molecule has 35 heavy (non-hydrogen) atoms. The lowest BCUT2D eigenvalue weighted by molar-refractivity contribution is -0.139. The molecule has 2 aromatic carbocycles. The maximum atomic E-state index is 13.6. The van der Waals surface area contributed by atoms with Gasteiger partial charge in [0.25, 0.3) is 0 Å². The van der Waals surface area contributed by atoms with Gasteiger partial charge in [-0.2, -0.15) is 0 Å². The van der Waals surface area contributed by atoms with Crippen LogP contribution in [-0.4, -0.2) is 57.1 Å². The Kier molecular flexibility index (Phi) is 10.4. The quantitative estimate of drug-likeness (QED) is 0.457. The summed E-state index contributed by atoms with van der Waals surface area (Å²) in [5.74, 6) is -0.308. The Hall–Kier alpha value is -2.78. The summed E-state index contributed by atoms with van der Waals surface area (Å²) in [6.45, 7) is 7.66. The average Bonchev–Trinajstić information content (AvgIpc) is 2.80. The summed E-state index contributed by atoms with van der Waals surface area (Å²) in [5.41, 5.74) is 0.895. The third-order valence-corrected chi connectivity index (χ3v) is 6.76. The highest BCUT2D eigenvalue weighted by molar-refractivity contribution is 7.92. The summed E-state index contributed by atoms with van der Waals surface area (Å²) in [7, 11) is -3.86. The van der Waals surface area contributed by atoms with Crippen LogP contribution in [0.5, 0.6) is 5.75 Å². The Balaban J connectivity index is 2.43. The maximum Gasteiger partial charge on any atom is 0.244 e. The predicted molar refractivity (Wildman–Crippen MR) is 139 cm³/mol. The number of ether oxygens (including phenoxy) is 1. The van der Waals surface area contributed by atoms with Crippen molar-refractivity contribution in [1.29, 1.82) is 0 Å². The van der Waals surface area contributed by atoms with E-state index in [0.29, 0.717) is 29.5 Å². The molecule has 192 valence electrons. The van der Waals surface area contributed by atoms with E-state index in [0.717, 1.165) is 10.6 Å². The number of para-hydroxylation sites is 2. The molecule has 8 nitrogen and oxygen atoms in total. The molecule has 1 atom stereocenters. The van der Waals surface area contributed by atoms with Crippen molar-refractivity contribution >= 4 is 39.1 Å². The van der Waals surface area contributed by atoms with E-state index in [9.17, 15) is 18.0 Å². The Morgan fingerprint density at radius 2 is 1.69 bits per heavy atom. The first kappa shape index (κ1) is 28.5. The molecule has 0 aliphatic rings. The summed E-state index contributed by atoms with van der Waals surface area (Å²) < 4.78 is 32.1. The zero-order valence-corrected chi connectivity index (χ0v) is 22.4. The molecule has 0 radical (unpaired) electrons. The molecule has 0 saturated heterocycles. The van der Waals surface area contributed by atoms with Gasteiger partial charge in [-0.05, 0) is 43.5 Å². The minimum Gasteiger partial charge on any atom is -0.492 e. The highest BCUT2D eigenvalue weighted by Crippen LogP contribution is 2.30. The first-order chi connectivity index (χ1) is 16.5. The second-order valence-corrected chi connectivity index (χ2v) is 10.9. The summed E-state index contributed by atoms with van der Waals surface area (Å²) >= 11 is 6.33. The fourth-order valence-corrected chi connectivity index (χ4v) is 4.43. The van der Waals surface area contributed by atoms with Gasteiger partial charge in [-0.3, -0.25) is 13.9 Å². The van der Waals surface area contributed by atoms with Gasteiger partial charge in [-0.25, -0.2) is 8.42 Å². The molecule has 0 saturated carbocycles. The molecule has 1 N–H and O–H groups in total. The summed E-state index contributed by atoms with van der Waals surface area (Å²) in [6, 6.07) is 12.8. The first-order valence-electron chi connectivity index (χ1n) is 11.5. The largest absolute Gasteiger partial charge is 0.492 e. The first-order valence-corrected chi connectivity index (χ1v) is 13.7. The molecule has 0 aliphatic heterocycles. The lowest BCUT2D eigenvalue weighted by Crippen LogP contribution is -2.51. The second-order valence-electron chi connectivity index (χ2n) is 8.60. The lowest BCUT2D eigenvalue weighted by atomic mass is 10.1. The number of carbonyl (C=O) groups excluding carboxylic acids is 2. The standard InChI is InChI=1S/C25H34ClN3O5S/c1-6-34-23-14-10-9-13-22(23)29(35(5,32)33)17-24(30)28(16-20-11-7-8-12-21(20)26)19(4)25(31)27-15-18(2)3/h7-14,18-19H,6,15-17H2,1-5H3,(H,27,31)/t19-/m1/s1. The highest BCUT2D eigenvalue weighted by atomic mass is 35.5. The van der Waals surface area contributed by atoms with E-state index >= 15 is 0 Å². The van der Waals surface area contributed by atoms with Gasteiger partial charge in [0, 0.05) is 18.1 Å². The van der Waals surface area contributed by atoms with Crippen molar-refractivity contribution in [2.75, 3.05) is 30.3 Å². The molecule has 2 rings (SSSR count). The van der Waals surface area contributed by atoms with Crippen LogP contribution in [0, 0.1) is 5.92 Å². The van der Waals surface area contributed by atoms with Crippen LogP contribution < -0.4 is 14.4 Å². The third-order valence-electron chi connectivity index (χ3n) is 5.26. The van der Waals surface area contributed by atoms with Crippen molar-refractivity contribution in [3.63, 3.8) is 0 Å². The van der Waals surface area contributed by atoms with E-state index in [4.69, 9.17) is 16.3 Å². The fraction of sp³-hybridized carbons (Fsp3) is 0.440. The Morgan fingerprint density at radius 3 is 2.29 bits per heavy atom. The predicted octanol–water partition coefficient (Wildman–Crippen LogP) is 3.69. The van der Waals surface area contributed by atoms with E-state index < -0.39 is 28.5 Å². The van der Waals surface area contributed by atoms with Crippen LogP contribution in [0.1, 0.15) is 33.3 Å². The van der Waals surface area contributed by atoms with E-state index in [1.165, 1.54) is 4.90 Å². The molecular formula is C25H34ClN3O5S. The SMILES string of the molecule is CCOc1ccccc1N(CC(=O)N(Cc1ccccc1Cl)[C@H](C)C(=O)NCC(C)C)S(C)(=O)=O. The number of nitrogens with zero attached hydrogens (tertiary/aromatic N) is 2. The lowest BCUT2D eigenvalue weighted by Gasteiger charge is -2.32. The molecule has 2 aromatic rings. The van der Waals surface area contributed by atoms with E-state index in [1.54, 1.807) is 62.4 Å². The third kappa shape index (κ3) is 8.14. The average molecular weight is 524 g/mol. The highest BCUT2D eigenvalue weighted by Gasteiger charge is 2.31. The monoisotopic (exact) mass is 523 g/mol. The molecule has 0 fully saturated rings. The number of hydrogen-bond acceptors (Lipinski definition) is 5. The maximum absolute atomic E-state index is 13.6. The Labute approximate surface area is 213 Å². The number of benzene rings is 2. The minimum atomic E-state index is -3.86. The van der Waals surface area contributed by atoms with Crippen LogP contribution in [0.25, 0.3) is 0 Å². The van der Waals surface area contributed by atoms with Crippen LogP contribution in [0.4, 0.5) is 5.69 Å². The van der Waals surface area contributed by atoms with Crippen molar-refractivity contribution in [1.82, 2.24) is 10.2 Å². The van der Waals surface area contributed by atoms with Gasteiger partial charge < -0.3 is 15.0 Å². The number of halogens is 1. The summed E-state index contributed by atoms with van der Waals surface area (Å²) in [5, 5.41) is 3.29. The number of anilines is 1. The zero-order chi connectivity index (χ0) is 26.2. The van der Waals surface area contributed by atoms with Gasteiger partial charge in [0.2, 0.25) is 21.8 Å². The number of carbonyl (C=O) groups is 2. The number of rotatable bonds is 12.